The normalized spacial score (nSPS) is 12.8. The topological polar surface area (TPSA) is 78.9 Å². The molecule has 0 heterocycles. The number of ether oxygens (including phenoxy) is 3. The molecular weight excluding hydrogens is 721 g/mol. The van der Waals surface area contributed by atoms with Crippen molar-refractivity contribution in [3.63, 3.8) is 0 Å². The molecule has 0 saturated heterocycles. The summed E-state index contributed by atoms with van der Waals surface area (Å²) < 4.78 is 16.6. The lowest BCUT2D eigenvalue weighted by atomic mass is 10.1. The Bertz CT molecular complexity index is 1160. The molecule has 0 aliphatic carbocycles. The first-order chi connectivity index (χ1) is 28.5. The average molecular weight is 807 g/mol. The third-order valence-electron chi connectivity index (χ3n) is 9.61. The lowest BCUT2D eigenvalue weighted by molar-refractivity contribution is -0.167. The first-order valence-corrected chi connectivity index (χ1v) is 23.6. The van der Waals surface area contributed by atoms with E-state index in [0.717, 1.165) is 141 Å². The van der Waals surface area contributed by atoms with Crippen LogP contribution < -0.4 is 0 Å². The molecule has 0 aromatic carbocycles. The molecule has 0 aromatic heterocycles. The molecule has 0 saturated carbocycles. The third kappa shape index (κ3) is 43.7. The second-order valence-corrected chi connectivity index (χ2v) is 15.3. The summed E-state index contributed by atoms with van der Waals surface area (Å²) in [6, 6.07) is 0. The smallest absolute Gasteiger partial charge is 0.306 e. The van der Waals surface area contributed by atoms with Gasteiger partial charge in [0.05, 0.1) is 0 Å². The van der Waals surface area contributed by atoms with Crippen molar-refractivity contribution >= 4 is 17.9 Å². The standard InChI is InChI=1S/C52H86O6/c1-4-7-10-13-16-18-20-22-23-24-25-26-27-28-29-31-32-34-36-39-42-45-51(54)57-48-49(47-56-50(53)44-41-38-15-12-9-6-3)58-52(55)46-43-40-37-35-33-30-21-19-17-14-11-8-5-2/h7,10-11,14,16,18-19,21-23,25-26,28-29,49H,4-6,8-9,12-13,15,17,20,24,27,30-48H2,1-3H3/b10-7-,14-11-,18-16-,21-19-,23-22-,26-25-,29-28-. The summed E-state index contributed by atoms with van der Waals surface area (Å²) in [5.74, 6) is -0.940. The summed E-state index contributed by atoms with van der Waals surface area (Å²) in [7, 11) is 0. The van der Waals surface area contributed by atoms with Gasteiger partial charge in [-0.15, -0.1) is 0 Å². The van der Waals surface area contributed by atoms with Crippen LogP contribution >= 0.6 is 0 Å². The summed E-state index contributed by atoms with van der Waals surface area (Å²) in [6.45, 7) is 6.35. The molecule has 1 unspecified atom stereocenters. The Kier molecular flexibility index (Phi) is 43.6. The van der Waals surface area contributed by atoms with Crippen LogP contribution in [0.5, 0.6) is 0 Å². The summed E-state index contributed by atoms with van der Waals surface area (Å²) in [6.07, 6.45) is 58.7. The maximum absolute atomic E-state index is 12.7. The molecule has 0 spiro atoms. The van der Waals surface area contributed by atoms with E-state index in [4.69, 9.17) is 14.2 Å². The van der Waals surface area contributed by atoms with Gasteiger partial charge in [0, 0.05) is 19.3 Å². The highest BCUT2D eigenvalue weighted by Gasteiger charge is 2.19. The molecule has 0 radical (unpaired) electrons. The van der Waals surface area contributed by atoms with Crippen molar-refractivity contribution < 1.29 is 28.6 Å². The van der Waals surface area contributed by atoms with Crippen molar-refractivity contribution in [3.8, 4) is 0 Å². The summed E-state index contributed by atoms with van der Waals surface area (Å²) in [4.78, 5) is 37.6. The molecule has 0 rings (SSSR count). The van der Waals surface area contributed by atoms with E-state index in [9.17, 15) is 14.4 Å². The van der Waals surface area contributed by atoms with Crippen molar-refractivity contribution in [1.82, 2.24) is 0 Å². The highest BCUT2D eigenvalue weighted by atomic mass is 16.6. The van der Waals surface area contributed by atoms with Crippen molar-refractivity contribution in [2.75, 3.05) is 13.2 Å². The van der Waals surface area contributed by atoms with E-state index in [1.807, 2.05) is 0 Å². The maximum Gasteiger partial charge on any atom is 0.306 e. The predicted molar refractivity (Wildman–Crippen MR) is 247 cm³/mol. The fraction of sp³-hybridized carbons (Fsp3) is 0.673. The van der Waals surface area contributed by atoms with Gasteiger partial charge in [0.2, 0.25) is 0 Å². The van der Waals surface area contributed by atoms with Crippen LogP contribution in [0.25, 0.3) is 0 Å². The molecule has 0 amide bonds. The fourth-order valence-corrected chi connectivity index (χ4v) is 6.09. The van der Waals surface area contributed by atoms with Crippen LogP contribution in [0.3, 0.4) is 0 Å². The van der Waals surface area contributed by atoms with E-state index in [1.54, 1.807) is 0 Å². The fourth-order valence-electron chi connectivity index (χ4n) is 6.09. The zero-order valence-electron chi connectivity index (χ0n) is 37.5. The molecule has 1 atom stereocenters. The summed E-state index contributed by atoms with van der Waals surface area (Å²) >= 11 is 0. The van der Waals surface area contributed by atoms with Crippen LogP contribution in [0.2, 0.25) is 0 Å². The van der Waals surface area contributed by atoms with Gasteiger partial charge in [-0.05, 0) is 89.9 Å². The molecule has 0 aromatic rings. The van der Waals surface area contributed by atoms with Gasteiger partial charge < -0.3 is 14.2 Å². The zero-order chi connectivity index (χ0) is 42.3. The Morgan fingerprint density at radius 3 is 1.12 bits per heavy atom. The van der Waals surface area contributed by atoms with Gasteiger partial charge in [-0.1, -0.05) is 183 Å². The molecule has 330 valence electrons. The van der Waals surface area contributed by atoms with Crippen molar-refractivity contribution in [1.29, 1.82) is 0 Å². The van der Waals surface area contributed by atoms with Gasteiger partial charge in [0.15, 0.2) is 6.10 Å². The molecule has 0 bridgehead atoms. The number of esters is 3. The number of rotatable bonds is 41. The first kappa shape index (κ1) is 54.6. The minimum atomic E-state index is -0.787. The summed E-state index contributed by atoms with van der Waals surface area (Å²) in [5, 5.41) is 0. The lowest BCUT2D eigenvalue weighted by Crippen LogP contribution is -2.30. The molecule has 0 N–H and O–H groups in total. The molecule has 0 fully saturated rings. The largest absolute Gasteiger partial charge is 0.462 e. The Labute approximate surface area is 356 Å². The molecule has 58 heavy (non-hydrogen) atoms. The van der Waals surface area contributed by atoms with Gasteiger partial charge in [-0.2, -0.15) is 0 Å². The molecule has 6 heteroatoms. The van der Waals surface area contributed by atoms with Gasteiger partial charge in [-0.3, -0.25) is 14.4 Å². The van der Waals surface area contributed by atoms with Crippen LogP contribution in [-0.4, -0.2) is 37.2 Å². The van der Waals surface area contributed by atoms with E-state index in [-0.39, 0.29) is 31.1 Å². The van der Waals surface area contributed by atoms with E-state index in [0.29, 0.717) is 19.3 Å². The number of unbranched alkanes of at least 4 members (excludes halogenated alkanes) is 16. The Morgan fingerprint density at radius 2 is 0.707 bits per heavy atom. The van der Waals surface area contributed by atoms with Crippen LogP contribution in [0, 0.1) is 0 Å². The van der Waals surface area contributed by atoms with Crippen molar-refractivity contribution in [2.24, 2.45) is 0 Å². The highest BCUT2D eigenvalue weighted by Crippen LogP contribution is 2.13. The van der Waals surface area contributed by atoms with Gasteiger partial charge in [0.1, 0.15) is 13.2 Å². The van der Waals surface area contributed by atoms with Crippen LogP contribution in [0.15, 0.2) is 85.1 Å². The van der Waals surface area contributed by atoms with Gasteiger partial charge in [-0.25, -0.2) is 0 Å². The van der Waals surface area contributed by atoms with Crippen molar-refractivity contribution in [3.05, 3.63) is 85.1 Å². The maximum atomic E-state index is 12.7. The van der Waals surface area contributed by atoms with Gasteiger partial charge >= 0.3 is 17.9 Å². The number of carbonyl (C=O) groups is 3. The van der Waals surface area contributed by atoms with E-state index < -0.39 is 6.10 Å². The Hall–Kier alpha value is -3.41. The number of hydrogen-bond acceptors (Lipinski definition) is 6. The summed E-state index contributed by atoms with van der Waals surface area (Å²) in [5.41, 5.74) is 0. The molecule has 6 nitrogen and oxygen atoms in total. The molecule has 0 aliphatic rings. The highest BCUT2D eigenvalue weighted by molar-refractivity contribution is 5.71. The SMILES string of the molecule is CC/C=C\C/C=C\C/C=C\C/C=C\C/C=C\CCCCCCCC(=O)OCC(COC(=O)CCCCCCCC)OC(=O)CCCCCCC/C=C\C/C=C\CCC. The van der Waals surface area contributed by atoms with Crippen molar-refractivity contribution in [2.45, 2.75) is 213 Å². The van der Waals surface area contributed by atoms with E-state index in [1.165, 1.54) is 25.7 Å². The number of allylic oxidation sites excluding steroid dienone is 14. The number of hydrogen-bond donors (Lipinski definition) is 0. The lowest BCUT2D eigenvalue weighted by Gasteiger charge is -2.18. The van der Waals surface area contributed by atoms with Crippen LogP contribution in [0.4, 0.5) is 0 Å². The van der Waals surface area contributed by atoms with Crippen LogP contribution in [0.1, 0.15) is 207 Å². The van der Waals surface area contributed by atoms with E-state index >= 15 is 0 Å². The van der Waals surface area contributed by atoms with Crippen LogP contribution in [-0.2, 0) is 28.6 Å². The Morgan fingerprint density at radius 1 is 0.362 bits per heavy atom. The molecule has 0 aliphatic heterocycles. The zero-order valence-corrected chi connectivity index (χ0v) is 37.5. The molecular formula is C52H86O6. The number of carbonyl (C=O) groups excluding carboxylic acids is 3. The monoisotopic (exact) mass is 807 g/mol. The first-order valence-electron chi connectivity index (χ1n) is 23.6. The second kappa shape index (κ2) is 46.3. The average Bonchev–Trinajstić information content (AvgIpc) is 3.22. The predicted octanol–water partition coefficient (Wildman–Crippen LogP) is 15.3. The minimum Gasteiger partial charge on any atom is -0.462 e. The van der Waals surface area contributed by atoms with Gasteiger partial charge in [0.25, 0.3) is 0 Å². The quantitative estimate of drug-likeness (QED) is 0.0265. The minimum absolute atomic E-state index is 0.0898. The Balaban J connectivity index is 4.29. The van der Waals surface area contributed by atoms with E-state index in [2.05, 4.69) is 106 Å². The third-order valence-corrected chi connectivity index (χ3v) is 9.61. The second-order valence-electron chi connectivity index (χ2n) is 15.3.